The van der Waals surface area contributed by atoms with Crippen molar-refractivity contribution in [1.82, 2.24) is 5.32 Å². The van der Waals surface area contributed by atoms with Crippen LogP contribution in [0.4, 0.5) is 0 Å². The summed E-state index contributed by atoms with van der Waals surface area (Å²) in [6.45, 7) is 4.68. The fraction of sp³-hybridized carbons (Fsp3) is 0.689. The Morgan fingerprint density at radius 3 is 1.26 bits per heavy atom. The molecule has 0 aromatic carbocycles. The van der Waals surface area contributed by atoms with E-state index < -0.39 is 20.0 Å². The summed E-state index contributed by atoms with van der Waals surface area (Å²) in [5, 5.41) is 13.9. The number of hydrogen-bond donors (Lipinski definition) is 3. The molecule has 1 amide bonds. The molecule has 0 aromatic rings. The lowest BCUT2D eigenvalue weighted by atomic mass is 10.0. The predicted octanol–water partition coefficient (Wildman–Crippen LogP) is 17.2. The average Bonchev–Trinajstić information content (AvgIpc) is 3.32. The number of quaternary nitrogens is 1. The molecule has 8 nitrogen and oxygen atoms in total. The van der Waals surface area contributed by atoms with Gasteiger partial charge < -0.3 is 19.8 Å². The molecule has 0 aliphatic carbocycles. The normalized spacial score (nSPS) is 14.8. The van der Waals surface area contributed by atoms with Crippen molar-refractivity contribution in [2.75, 3.05) is 40.9 Å². The molecular weight excluding hydrogens is 888 g/mol. The number of allylic oxidation sites excluding steroid dienone is 17. The highest BCUT2D eigenvalue weighted by Crippen LogP contribution is 2.43. The van der Waals surface area contributed by atoms with Crippen LogP contribution in [0.25, 0.3) is 0 Å². The van der Waals surface area contributed by atoms with Crippen LogP contribution in [0, 0.1) is 0 Å². The average molecular weight is 997 g/mol. The van der Waals surface area contributed by atoms with Gasteiger partial charge in [0.25, 0.3) is 0 Å². The Labute approximate surface area is 431 Å². The van der Waals surface area contributed by atoms with E-state index in [-0.39, 0.29) is 19.1 Å². The molecule has 3 unspecified atom stereocenters. The third kappa shape index (κ3) is 53.0. The molecule has 0 radical (unpaired) electrons. The zero-order chi connectivity index (χ0) is 51.3. The number of aliphatic hydroxyl groups is 1. The number of carbonyl (C=O) groups is 1. The molecule has 0 fully saturated rings. The molecule has 3 N–H and O–H groups in total. The van der Waals surface area contributed by atoms with Crippen molar-refractivity contribution in [2.24, 2.45) is 0 Å². The number of phosphoric ester groups is 1. The fourth-order valence-electron chi connectivity index (χ4n) is 7.59. The quantitative estimate of drug-likeness (QED) is 0.0243. The second-order valence-corrected chi connectivity index (χ2v) is 21.4. The van der Waals surface area contributed by atoms with Gasteiger partial charge in [0.1, 0.15) is 13.2 Å². The van der Waals surface area contributed by atoms with Gasteiger partial charge >= 0.3 is 7.82 Å². The van der Waals surface area contributed by atoms with Crippen molar-refractivity contribution in [3.05, 3.63) is 109 Å². The molecule has 0 rings (SSSR count). The molecule has 0 aromatic heterocycles. The smallest absolute Gasteiger partial charge is 0.387 e. The number of likely N-dealkylation sites (N-methyl/N-ethyl adjacent to an activating group) is 1. The van der Waals surface area contributed by atoms with Gasteiger partial charge in [-0.05, 0) is 83.5 Å². The van der Waals surface area contributed by atoms with E-state index in [4.69, 9.17) is 9.05 Å². The molecule has 70 heavy (non-hydrogen) atoms. The van der Waals surface area contributed by atoms with Gasteiger partial charge in [0.05, 0.1) is 39.9 Å². The Bertz CT molecular complexity index is 1500. The van der Waals surface area contributed by atoms with Crippen molar-refractivity contribution in [3.63, 3.8) is 0 Å². The highest BCUT2D eigenvalue weighted by atomic mass is 31.2. The molecule has 3 atom stereocenters. The second kappa shape index (κ2) is 51.1. The standard InChI is InChI=1S/C61H107N2O6P/c1-6-8-10-12-14-16-18-20-22-23-24-25-26-27-28-29-30-31-32-33-34-35-36-37-38-39-41-43-45-47-49-51-53-55-61(65)62-59(58-69-70(66,67)68-57-56-63(3,4)5)60(64)54-52-50-48-46-44-42-40-21-19-17-15-13-11-9-7-2/h8,10,14,16,20,22,24-25,27-28,30-31,33-34,36-37,52,54,59-60,64H,6-7,9,11-13,15,17-19,21,23,26,29,32,35,38-51,53,55-58H2,1-5H3,(H-,62,65,66,67)/p+1/b10-8-,16-14-,22-20-,25-24-,28-27-,31-30-,34-33-,37-36-,54-52+. The maximum absolute atomic E-state index is 13.0. The first-order valence-electron chi connectivity index (χ1n) is 28.3. The zero-order valence-corrected chi connectivity index (χ0v) is 46.6. The van der Waals surface area contributed by atoms with E-state index in [9.17, 15) is 19.4 Å². The number of amides is 1. The number of hydrogen-bond acceptors (Lipinski definition) is 5. The topological polar surface area (TPSA) is 105 Å². The molecule has 0 saturated heterocycles. The molecule has 0 bridgehead atoms. The summed E-state index contributed by atoms with van der Waals surface area (Å²) in [4.78, 5) is 23.3. The minimum atomic E-state index is -4.35. The summed E-state index contributed by atoms with van der Waals surface area (Å²) in [5.74, 6) is -0.190. The van der Waals surface area contributed by atoms with Crippen molar-refractivity contribution in [2.45, 2.75) is 231 Å². The van der Waals surface area contributed by atoms with Crippen LogP contribution in [-0.4, -0.2) is 73.4 Å². The van der Waals surface area contributed by atoms with Crippen molar-refractivity contribution in [3.8, 4) is 0 Å². The minimum absolute atomic E-state index is 0.0545. The summed E-state index contributed by atoms with van der Waals surface area (Å²) in [6, 6.07) is -0.858. The van der Waals surface area contributed by atoms with Gasteiger partial charge in [-0.3, -0.25) is 13.8 Å². The maximum atomic E-state index is 13.0. The number of rotatable bonds is 50. The highest BCUT2D eigenvalue weighted by molar-refractivity contribution is 7.47. The van der Waals surface area contributed by atoms with Crippen molar-refractivity contribution < 1.29 is 32.9 Å². The van der Waals surface area contributed by atoms with Gasteiger partial charge in [-0.1, -0.05) is 239 Å². The van der Waals surface area contributed by atoms with Gasteiger partial charge in [0.2, 0.25) is 5.91 Å². The van der Waals surface area contributed by atoms with E-state index in [1.807, 2.05) is 27.2 Å². The number of nitrogens with zero attached hydrogens (tertiary/aromatic N) is 1. The van der Waals surface area contributed by atoms with E-state index in [2.05, 4.69) is 116 Å². The van der Waals surface area contributed by atoms with E-state index in [0.29, 0.717) is 17.4 Å². The van der Waals surface area contributed by atoms with Crippen LogP contribution in [0.1, 0.15) is 219 Å². The molecule has 9 heteroatoms. The lowest BCUT2D eigenvalue weighted by molar-refractivity contribution is -0.870. The fourth-order valence-corrected chi connectivity index (χ4v) is 8.32. The molecular formula is C61H108N2O6P+. The summed E-state index contributed by atoms with van der Waals surface area (Å²) < 4.78 is 23.7. The first-order chi connectivity index (χ1) is 34.0. The first kappa shape index (κ1) is 67.2. The Balaban J connectivity index is 4.22. The van der Waals surface area contributed by atoms with Gasteiger partial charge in [0.15, 0.2) is 0 Å². The number of nitrogens with one attached hydrogen (secondary N) is 1. The van der Waals surface area contributed by atoms with Crippen LogP contribution in [0.5, 0.6) is 0 Å². The number of phosphoric acid groups is 1. The number of unbranched alkanes of at least 4 members (excludes halogenated alkanes) is 21. The van der Waals surface area contributed by atoms with Crippen LogP contribution < -0.4 is 5.32 Å². The van der Waals surface area contributed by atoms with Gasteiger partial charge in [0, 0.05) is 6.42 Å². The second-order valence-electron chi connectivity index (χ2n) is 19.9. The SMILES string of the molecule is CC/C=C\C/C=C\C/C=C\C/C=C\C/C=C\C/C=C\C/C=C\C/C=C\CCCCCCCCCCC(=O)NC(COP(=O)(O)OCC[N+](C)(C)C)C(O)/C=C/CCCCCCCCCCCCCCC. The molecule has 0 saturated carbocycles. The first-order valence-corrected chi connectivity index (χ1v) is 29.8. The zero-order valence-electron chi connectivity index (χ0n) is 45.7. The van der Waals surface area contributed by atoms with E-state index in [0.717, 1.165) is 103 Å². The largest absolute Gasteiger partial charge is 0.472 e. The molecule has 0 aliphatic heterocycles. The monoisotopic (exact) mass is 996 g/mol. The Hall–Kier alpha value is -2.84. The highest BCUT2D eigenvalue weighted by Gasteiger charge is 2.27. The van der Waals surface area contributed by atoms with E-state index in [1.54, 1.807) is 6.08 Å². The van der Waals surface area contributed by atoms with Crippen molar-refractivity contribution in [1.29, 1.82) is 0 Å². The predicted molar refractivity (Wildman–Crippen MR) is 304 cm³/mol. The molecule has 402 valence electrons. The number of aliphatic hydroxyl groups excluding tert-OH is 1. The van der Waals surface area contributed by atoms with Gasteiger partial charge in [-0.25, -0.2) is 4.57 Å². The maximum Gasteiger partial charge on any atom is 0.472 e. The van der Waals surface area contributed by atoms with Crippen LogP contribution >= 0.6 is 7.82 Å². The third-order valence-corrected chi connectivity index (χ3v) is 13.0. The summed E-state index contributed by atoms with van der Waals surface area (Å²) in [6.07, 6.45) is 74.6. The van der Waals surface area contributed by atoms with Crippen LogP contribution in [0.15, 0.2) is 109 Å². The minimum Gasteiger partial charge on any atom is -0.387 e. The van der Waals surface area contributed by atoms with Crippen LogP contribution in [0.2, 0.25) is 0 Å². The lowest BCUT2D eigenvalue weighted by Gasteiger charge is -2.25. The Kier molecular flexibility index (Phi) is 49.0. The molecule has 0 heterocycles. The molecule has 0 spiro atoms. The Morgan fingerprint density at radius 1 is 0.500 bits per heavy atom. The third-order valence-electron chi connectivity index (χ3n) is 12.0. The summed E-state index contributed by atoms with van der Waals surface area (Å²) in [5.41, 5.74) is 0. The van der Waals surface area contributed by atoms with Gasteiger partial charge in [-0.2, -0.15) is 0 Å². The van der Waals surface area contributed by atoms with Crippen molar-refractivity contribution >= 4 is 13.7 Å². The lowest BCUT2D eigenvalue weighted by Crippen LogP contribution is -2.45. The summed E-state index contributed by atoms with van der Waals surface area (Å²) in [7, 11) is 1.55. The molecule has 0 aliphatic rings. The van der Waals surface area contributed by atoms with E-state index in [1.165, 1.54) is 96.3 Å². The number of carbonyl (C=O) groups excluding carboxylic acids is 1. The van der Waals surface area contributed by atoms with Gasteiger partial charge in [-0.15, -0.1) is 0 Å². The van der Waals surface area contributed by atoms with Crippen LogP contribution in [0.3, 0.4) is 0 Å². The van der Waals surface area contributed by atoms with Crippen LogP contribution in [-0.2, 0) is 18.4 Å². The summed E-state index contributed by atoms with van der Waals surface area (Å²) >= 11 is 0. The Morgan fingerprint density at radius 2 is 0.857 bits per heavy atom. The van der Waals surface area contributed by atoms with E-state index >= 15 is 0 Å².